The van der Waals surface area contributed by atoms with Gasteiger partial charge in [0.25, 0.3) is 16.0 Å². The summed E-state index contributed by atoms with van der Waals surface area (Å²) in [4.78, 5) is 12.8. The molecule has 4 aromatic carbocycles. The normalized spacial score (nSPS) is 11.7. The average molecular weight is 574 g/mol. The van der Waals surface area contributed by atoms with Crippen LogP contribution in [0.15, 0.2) is 75.8 Å². The van der Waals surface area contributed by atoms with Crippen molar-refractivity contribution in [2.24, 2.45) is 10.2 Å². The number of azo groups is 1. The maximum absolute atomic E-state index is 13.2. The molecule has 4 aromatic rings. The summed E-state index contributed by atoms with van der Waals surface area (Å²) in [6, 6.07) is 15.5. The zero-order valence-corrected chi connectivity index (χ0v) is 22.4. The Morgan fingerprint density at radius 1 is 1.03 bits per heavy atom. The largest absolute Gasteiger partial charge is 0.505 e. The second kappa shape index (κ2) is 11.0. The monoisotopic (exact) mass is 573 g/mol. The summed E-state index contributed by atoms with van der Waals surface area (Å²) in [6.45, 7) is 1.75. The molecule has 0 fully saturated rings. The van der Waals surface area contributed by atoms with E-state index in [1.165, 1.54) is 19.2 Å². The van der Waals surface area contributed by atoms with Gasteiger partial charge in [-0.3, -0.25) is 9.35 Å². The topological polar surface area (TPSA) is 138 Å². The number of nitrogens with zero attached hydrogens (tertiary/aromatic N) is 2. The van der Waals surface area contributed by atoms with Gasteiger partial charge in [-0.2, -0.15) is 8.42 Å². The molecular weight excluding hydrogens is 553 g/mol. The van der Waals surface area contributed by atoms with Gasteiger partial charge in [0.15, 0.2) is 5.75 Å². The van der Waals surface area contributed by atoms with Crippen molar-refractivity contribution in [3.63, 3.8) is 0 Å². The smallest absolute Gasteiger partial charge is 0.294 e. The van der Waals surface area contributed by atoms with E-state index in [0.717, 1.165) is 6.07 Å². The fourth-order valence-electron chi connectivity index (χ4n) is 3.81. The van der Waals surface area contributed by atoms with E-state index in [1.807, 2.05) is 0 Å². The van der Waals surface area contributed by atoms with Gasteiger partial charge < -0.3 is 15.2 Å². The van der Waals surface area contributed by atoms with Gasteiger partial charge >= 0.3 is 0 Å². The molecule has 9 nitrogen and oxygen atoms in total. The third-order valence-corrected chi connectivity index (χ3v) is 7.05. The summed E-state index contributed by atoms with van der Waals surface area (Å²) in [6.07, 6.45) is 0.329. The summed E-state index contributed by atoms with van der Waals surface area (Å²) in [5.74, 6) is -0.724. The minimum Gasteiger partial charge on any atom is -0.505 e. The standard InChI is InChI=1S/C26H21Cl2N3O6S/c1-3-14-10-17(38(34,35)36)13-20(28)23(14)30-31-24-18-7-5-4-6-15(18)11-19(25(24)32)26(33)29-21-9-8-16(27)12-22(21)37-2/h4-13,32H,3H2,1-2H3,(H,29,33)(H,34,35,36). The molecule has 0 bridgehead atoms. The number of hydrogen-bond donors (Lipinski definition) is 3. The van der Waals surface area contributed by atoms with Crippen LogP contribution in [0, 0.1) is 0 Å². The number of anilines is 1. The SMILES string of the molecule is CCc1cc(S(=O)(=O)O)cc(Cl)c1N=Nc1c(O)c(C(=O)Nc2ccc(Cl)cc2OC)cc2ccccc12. The number of rotatable bonds is 7. The van der Waals surface area contributed by atoms with Crippen molar-refractivity contribution >= 4 is 67.1 Å². The zero-order valence-electron chi connectivity index (χ0n) is 20.1. The lowest BCUT2D eigenvalue weighted by Crippen LogP contribution is -2.13. The Balaban J connectivity index is 1.82. The molecule has 0 aliphatic heterocycles. The average Bonchev–Trinajstić information content (AvgIpc) is 2.88. The molecule has 0 unspecified atom stereocenters. The van der Waals surface area contributed by atoms with Crippen LogP contribution in [0.5, 0.6) is 11.5 Å². The van der Waals surface area contributed by atoms with Crippen LogP contribution in [0.3, 0.4) is 0 Å². The number of benzene rings is 4. The first-order chi connectivity index (χ1) is 18.0. The Bertz CT molecular complexity index is 1710. The Kier molecular flexibility index (Phi) is 7.89. The maximum Gasteiger partial charge on any atom is 0.294 e. The van der Waals surface area contributed by atoms with Crippen LogP contribution in [0.1, 0.15) is 22.8 Å². The quantitative estimate of drug-likeness (QED) is 0.156. The molecule has 0 heterocycles. The first-order valence-corrected chi connectivity index (χ1v) is 13.3. The van der Waals surface area contributed by atoms with Gasteiger partial charge in [-0.15, -0.1) is 10.2 Å². The number of carbonyl (C=O) groups is 1. The highest BCUT2D eigenvalue weighted by Crippen LogP contribution is 2.41. The highest BCUT2D eigenvalue weighted by molar-refractivity contribution is 7.85. The molecule has 3 N–H and O–H groups in total. The second-order valence-electron chi connectivity index (χ2n) is 8.08. The van der Waals surface area contributed by atoms with Gasteiger partial charge in [-0.05, 0) is 47.7 Å². The highest BCUT2D eigenvalue weighted by Gasteiger charge is 2.21. The molecule has 0 saturated heterocycles. The number of phenols is 1. The van der Waals surface area contributed by atoms with Crippen molar-refractivity contribution in [3.05, 3.63) is 81.8 Å². The van der Waals surface area contributed by atoms with Gasteiger partial charge in [0.05, 0.1) is 28.3 Å². The summed E-state index contributed by atoms with van der Waals surface area (Å²) in [5.41, 5.74) is 0.842. The number of amides is 1. The van der Waals surface area contributed by atoms with Crippen molar-refractivity contribution in [1.82, 2.24) is 0 Å². The molecule has 4 rings (SSSR count). The third kappa shape index (κ3) is 5.58. The maximum atomic E-state index is 13.2. The van der Waals surface area contributed by atoms with E-state index in [4.69, 9.17) is 27.9 Å². The van der Waals surface area contributed by atoms with Gasteiger partial charge in [0, 0.05) is 16.5 Å². The lowest BCUT2D eigenvalue weighted by molar-refractivity contribution is 0.102. The minimum atomic E-state index is -4.48. The fraction of sp³-hybridized carbons (Fsp3) is 0.115. The molecule has 0 aliphatic rings. The molecule has 0 aliphatic carbocycles. The number of aromatic hydroxyl groups is 1. The first-order valence-electron chi connectivity index (χ1n) is 11.1. The number of methoxy groups -OCH3 is 1. The molecular formula is C26H21Cl2N3O6S. The van der Waals surface area contributed by atoms with Crippen LogP contribution in [-0.4, -0.2) is 31.1 Å². The van der Waals surface area contributed by atoms with E-state index < -0.39 is 21.8 Å². The van der Waals surface area contributed by atoms with E-state index >= 15 is 0 Å². The number of nitrogens with one attached hydrogen (secondary N) is 1. The van der Waals surface area contributed by atoms with Crippen molar-refractivity contribution in [2.45, 2.75) is 18.2 Å². The predicted octanol–water partition coefficient (Wildman–Crippen LogP) is 7.34. The number of halogens is 2. The Labute approximate surface area is 228 Å². The number of aryl methyl sites for hydroxylation is 1. The predicted molar refractivity (Wildman–Crippen MR) is 146 cm³/mol. The van der Waals surface area contributed by atoms with Crippen LogP contribution in [-0.2, 0) is 16.5 Å². The van der Waals surface area contributed by atoms with Gasteiger partial charge in [0.2, 0.25) is 0 Å². The van der Waals surface area contributed by atoms with E-state index in [2.05, 4.69) is 15.5 Å². The van der Waals surface area contributed by atoms with E-state index in [-0.39, 0.29) is 26.9 Å². The van der Waals surface area contributed by atoms with Crippen LogP contribution in [0.25, 0.3) is 10.8 Å². The Morgan fingerprint density at radius 3 is 2.42 bits per heavy atom. The van der Waals surface area contributed by atoms with Crippen molar-refractivity contribution in [1.29, 1.82) is 0 Å². The van der Waals surface area contributed by atoms with Gasteiger partial charge in [-0.25, -0.2) is 0 Å². The molecule has 0 saturated carbocycles. The summed E-state index contributed by atoms with van der Waals surface area (Å²) >= 11 is 12.3. The van der Waals surface area contributed by atoms with Crippen molar-refractivity contribution < 1.29 is 27.6 Å². The first kappa shape index (κ1) is 27.3. The molecule has 1 amide bonds. The zero-order chi connectivity index (χ0) is 27.6. The number of phenolic OH excluding ortho intramolecular Hbond substituents is 1. The Hall–Kier alpha value is -3.70. The van der Waals surface area contributed by atoms with Crippen molar-refractivity contribution in [3.8, 4) is 11.5 Å². The number of ether oxygens (including phenoxy) is 1. The number of hydrogen-bond acceptors (Lipinski definition) is 7. The molecule has 12 heteroatoms. The Morgan fingerprint density at radius 2 is 1.74 bits per heavy atom. The molecule has 0 aromatic heterocycles. The molecule has 0 atom stereocenters. The number of carbonyl (C=O) groups excluding carboxylic acids is 1. The second-order valence-corrected chi connectivity index (χ2v) is 10.3. The van der Waals surface area contributed by atoms with Crippen molar-refractivity contribution in [2.75, 3.05) is 12.4 Å². The summed E-state index contributed by atoms with van der Waals surface area (Å²) in [7, 11) is -3.05. The minimum absolute atomic E-state index is 0.00768. The lowest BCUT2D eigenvalue weighted by atomic mass is 10.0. The van der Waals surface area contributed by atoms with Gasteiger partial charge in [0.1, 0.15) is 17.1 Å². The number of fused-ring (bicyclic) bond motifs is 1. The summed E-state index contributed by atoms with van der Waals surface area (Å²) in [5, 5.41) is 23.7. The van der Waals surface area contributed by atoms with Crippen LogP contribution >= 0.6 is 23.2 Å². The third-order valence-electron chi connectivity index (χ3n) is 5.70. The summed E-state index contributed by atoms with van der Waals surface area (Å²) < 4.78 is 37.8. The van der Waals surface area contributed by atoms with E-state index in [9.17, 15) is 22.9 Å². The van der Waals surface area contributed by atoms with Crippen LogP contribution in [0.2, 0.25) is 10.0 Å². The molecule has 38 heavy (non-hydrogen) atoms. The lowest BCUT2D eigenvalue weighted by Gasteiger charge is -2.13. The molecule has 196 valence electrons. The molecule has 0 radical (unpaired) electrons. The van der Waals surface area contributed by atoms with Crippen LogP contribution in [0.4, 0.5) is 17.1 Å². The fourth-order valence-corrected chi connectivity index (χ4v) is 4.87. The van der Waals surface area contributed by atoms with Gasteiger partial charge in [-0.1, -0.05) is 54.4 Å². The van der Waals surface area contributed by atoms with E-state index in [1.54, 1.807) is 49.4 Å². The highest BCUT2D eigenvalue weighted by atomic mass is 35.5. The van der Waals surface area contributed by atoms with E-state index in [0.29, 0.717) is 39.2 Å². The van der Waals surface area contributed by atoms with Crippen LogP contribution < -0.4 is 10.1 Å². The molecule has 0 spiro atoms.